The zero-order valence-electron chi connectivity index (χ0n) is 12.3. The summed E-state index contributed by atoms with van der Waals surface area (Å²) >= 11 is 0. The molecule has 0 spiro atoms. The van der Waals surface area contributed by atoms with Crippen LogP contribution in [0, 0.1) is 10.1 Å². The van der Waals surface area contributed by atoms with E-state index in [0.29, 0.717) is 23.9 Å². The fraction of sp³-hybridized carbons (Fsp3) is 0.125. The van der Waals surface area contributed by atoms with Gasteiger partial charge in [0, 0.05) is 23.3 Å². The predicted octanol–water partition coefficient (Wildman–Crippen LogP) is 3.71. The maximum Gasteiger partial charge on any atom is 0.269 e. The van der Waals surface area contributed by atoms with Gasteiger partial charge in [-0.05, 0) is 43.3 Å². The maximum absolute atomic E-state index is 10.7. The Morgan fingerprint density at radius 3 is 2.35 bits per heavy atom. The van der Waals surface area contributed by atoms with Crippen LogP contribution in [-0.4, -0.2) is 21.7 Å². The van der Waals surface area contributed by atoms with E-state index in [2.05, 4.69) is 10.1 Å². The average Bonchev–Trinajstić information content (AvgIpc) is 3.06. The summed E-state index contributed by atoms with van der Waals surface area (Å²) in [6.07, 6.45) is 0. The van der Waals surface area contributed by atoms with E-state index in [4.69, 9.17) is 9.26 Å². The second-order valence-electron chi connectivity index (χ2n) is 4.68. The number of nitro benzene ring substituents is 1. The van der Waals surface area contributed by atoms with E-state index in [1.807, 2.05) is 31.2 Å². The van der Waals surface area contributed by atoms with E-state index in [0.717, 1.165) is 11.3 Å². The Hall–Kier alpha value is -3.22. The van der Waals surface area contributed by atoms with Gasteiger partial charge in [-0.1, -0.05) is 5.16 Å². The van der Waals surface area contributed by atoms with Gasteiger partial charge in [-0.3, -0.25) is 10.1 Å². The Bertz CT molecular complexity index is 810. The zero-order valence-corrected chi connectivity index (χ0v) is 12.3. The molecule has 3 rings (SSSR count). The highest BCUT2D eigenvalue weighted by atomic mass is 16.6. The number of rotatable bonds is 5. The lowest BCUT2D eigenvalue weighted by Crippen LogP contribution is -1.90. The summed E-state index contributed by atoms with van der Waals surface area (Å²) in [4.78, 5) is 14.5. The van der Waals surface area contributed by atoms with Crippen LogP contribution in [0.15, 0.2) is 53.1 Å². The Morgan fingerprint density at radius 2 is 1.74 bits per heavy atom. The van der Waals surface area contributed by atoms with E-state index in [1.165, 1.54) is 12.1 Å². The molecule has 0 atom stereocenters. The number of nitro groups is 1. The van der Waals surface area contributed by atoms with Gasteiger partial charge in [0.25, 0.3) is 11.6 Å². The summed E-state index contributed by atoms with van der Waals surface area (Å²) in [7, 11) is 0. The highest BCUT2D eigenvalue weighted by Crippen LogP contribution is 2.25. The third-order valence-electron chi connectivity index (χ3n) is 3.17. The van der Waals surface area contributed by atoms with E-state index < -0.39 is 4.92 Å². The summed E-state index contributed by atoms with van der Waals surface area (Å²) in [6.45, 7) is 2.52. The topological polar surface area (TPSA) is 91.3 Å². The molecule has 1 heterocycles. The monoisotopic (exact) mass is 311 g/mol. The fourth-order valence-electron chi connectivity index (χ4n) is 2.05. The van der Waals surface area contributed by atoms with Crippen molar-refractivity contribution in [3.8, 4) is 28.6 Å². The molecular weight excluding hydrogens is 298 g/mol. The Kier molecular flexibility index (Phi) is 4.01. The van der Waals surface area contributed by atoms with Crippen molar-refractivity contribution in [3.63, 3.8) is 0 Å². The lowest BCUT2D eigenvalue weighted by molar-refractivity contribution is -0.384. The lowest BCUT2D eigenvalue weighted by atomic mass is 10.2. The van der Waals surface area contributed by atoms with Crippen molar-refractivity contribution in [2.45, 2.75) is 6.92 Å². The predicted molar refractivity (Wildman–Crippen MR) is 83.0 cm³/mol. The van der Waals surface area contributed by atoms with Crippen LogP contribution in [0.2, 0.25) is 0 Å². The van der Waals surface area contributed by atoms with Crippen LogP contribution in [-0.2, 0) is 0 Å². The number of hydrogen-bond acceptors (Lipinski definition) is 6. The first-order valence-electron chi connectivity index (χ1n) is 6.99. The standard InChI is InChI=1S/C16H13N3O4/c1-2-22-14-9-5-12(6-10-14)16-17-15(18-23-16)11-3-7-13(8-4-11)19(20)21/h3-10H,2H2,1H3. The molecule has 0 saturated heterocycles. The minimum atomic E-state index is -0.453. The molecule has 23 heavy (non-hydrogen) atoms. The fourth-order valence-corrected chi connectivity index (χ4v) is 2.05. The minimum absolute atomic E-state index is 0.0176. The number of nitrogens with zero attached hydrogens (tertiary/aromatic N) is 3. The van der Waals surface area contributed by atoms with E-state index in [-0.39, 0.29) is 5.69 Å². The largest absolute Gasteiger partial charge is 0.494 e. The van der Waals surface area contributed by atoms with Crippen LogP contribution in [0.3, 0.4) is 0 Å². The molecule has 0 aliphatic heterocycles. The first kappa shape index (κ1) is 14.7. The van der Waals surface area contributed by atoms with Crippen LogP contribution in [0.4, 0.5) is 5.69 Å². The molecule has 3 aromatic rings. The quantitative estimate of drug-likeness (QED) is 0.527. The van der Waals surface area contributed by atoms with E-state index >= 15 is 0 Å². The molecule has 2 aromatic carbocycles. The van der Waals surface area contributed by atoms with Gasteiger partial charge in [-0.2, -0.15) is 4.98 Å². The molecule has 0 saturated carbocycles. The zero-order chi connectivity index (χ0) is 16.2. The van der Waals surface area contributed by atoms with Crippen molar-refractivity contribution < 1.29 is 14.2 Å². The van der Waals surface area contributed by atoms with Gasteiger partial charge in [0.05, 0.1) is 11.5 Å². The van der Waals surface area contributed by atoms with Crippen molar-refractivity contribution in [1.82, 2.24) is 10.1 Å². The van der Waals surface area contributed by atoms with Gasteiger partial charge in [0.15, 0.2) is 0 Å². The first-order chi connectivity index (χ1) is 11.2. The van der Waals surface area contributed by atoms with Crippen molar-refractivity contribution >= 4 is 5.69 Å². The smallest absolute Gasteiger partial charge is 0.269 e. The minimum Gasteiger partial charge on any atom is -0.494 e. The van der Waals surface area contributed by atoms with Gasteiger partial charge in [0.1, 0.15) is 5.75 Å². The highest BCUT2D eigenvalue weighted by molar-refractivity contribution is 5.61. The van der Waals surface area contributed by atoms with Crippen LogP contribution in [0.25, 0.3) is 22.8 Å². The molecular formula is C16H13N3O4. The number of aromatic nitrogens is 2. The Balaban J connectivity index is 1.83. The van der Waals surface area contributed by atoms with Crippen molar-refractivity contribution in [2.75, 3.05) is 6.61 Å². The molecule has 0 N–H and O–H groups in total. The highest BCUT2D eigenvalue weighted by Gasteiger charge is 2.12. The summed E-state index contributed by atoms with van der Waals surface area (Å²) in [6, 6.07) is 13.3. The summed E-state index contributed by atoms with van der Waals surface area (Å²) in [5.74, 6) is 1.52. The molecule has 0 amide bonds. The molecule has 0 aliphatic carbocycles. The van der Waals surface area contributed by atoms with E-state index in [1.54, 1.807) is 12.1 Å². The van der Waals surface area contributed by atoms with Gasteiger partial charge in [0.2, 0.25) is 5.82 Å². The molecule has 1 aromatic heterocycles. The summed E-state index contributed by atoms with van der Waals surface area (Å²) in [5, 5.41) is 14.6. The van der Waals surface area contributed by atoms with Gasteiger partial charge in [-0.15, -0.1) is 0 Å². The molecule has 0 radical (unpaired) electrons. The van der Waals surface area contributed by atoms with Crippen molar-refractivity contribution in [3.05, 3.63) is 58.6 Å². The third-order valence-corrected chi connectivity index (χ3v) is 3.17. The Morgan fingerprint density at radius 1 is 1.09 bits per heavy atom. The third kappa shape index (κ3) is 3.18. The number of hydrogen-bond donors (Lipinski definition) is 0. The SMILES string of the molecule is CCOc1ccc(-c2nc(-c3ccc([N+](=O)[O-])cc3)no2)cc1. The van der Waals surface area contributed by atoms with Crippen molar-refractivity contribution in [2.24, 2.45) is 0 Å². The van der Waals surface area contributed by atoms with Crippen LogP contribution >= 0.6 is 0 Å². The molecule has 0 unspecified atom stereocenters. The normalized spacial score (nSPS) is 10.5. The summed E-state index contributed by atoms with van der Waals surface area (Å²) < 4.78 is 10.6. The van der Waals surface area contributed by atoms with Crippen LogP contribution in [0.5, 0.6) is 5.75 Å². The second kappa shape index (κ2) is 6.27. The van der Waals surface area contributed by atoms with E-state index in [9.17, 15) is 10.1 Å². The molecule has 7 nitrogen and oxygen atoms in total. The van der Waals surface area contributed by atoms with Gasteiger partial charge < -0.3 is 9.26 Å². The number of benzene rings is 2. The molecule has 0 bridgehead atoms. The second-order valence-corrected chi connectivity index (χ2v) is 4.68. The average molecular weight is 311 g/mol. The molecule has 7 heteroatoms. The van der Waals surface area contributed by atoms with Gasteiger partial charge in [-0.25, -0.2) is 0 Å². The van der Waals surface area contributed by atoms with Crippen LogP contribution < -0.4 is 4.74 Å². The lowest BCUT2D eigenvalue weighted by Gasteiger charge is -2.02. The van der Waals surface area contributed by atoms with Crippen molar-refractivity contribution in [1.29, 1.82) is 0 Å². The maximum atomic E-state index is 10.7. The number of ether oxygens (including phenoxy) is 1. The molecule has 0 aliphatic rings. The first-order valence-corrected chi connectivity index (χ1v) is 6.99. The van der Waals surface area contributed by atoms with Gasteiger partial charge >= 0.3 is 0 Å². The van der Waals surface area contributed by atoms with Crippen LogP contribution in [0.1, 0.15) is 6.92 Å². The Labute approximate surface area is 131 Å². The number of non-ortho nitro benzene ring substituents is 1. The molecule has 116 valence electrons. The molecule has 0 fully saturated rings. The summed E-state index contributed by atoms with van der Waals surface area (Å²) in [5.41, 5.74) is 1.44.